The minimum Gasteiger partial charge on any atom is -0.381 e. The molecule has 0 aliphatic carbocycles. The first-order chi connectivity index (χ1) is 26.8. The molecule has 3 radical (unpaired) electrons. The van der Waals surface area contributed by atoms with Gasteiger partial charge in [0.05, 0.1) is 17.0 Å². The van der Waals surface area contributed by atoms with Gasteiger partial charge in [0.15, 0.2) is 0 Å². The molecule has 1 aliphatic rings. The van der Waals surface area contributed by atoms with E-state index in [0.29, 0.717) is 60.8 Å². The number of alkyl halides is 4. The van der Waals surface area contributed by atoms with Crippen LogP contribution in [-0.2, 0) is 11.3 Å². The van der Waals surface area contributed by atoms with E-state index in [-0.39, 0.29) is 19.8 Å². The monoisotopic (exact) mass is 787 g/mol. The van der Waals surface area contributed by atoms with Gasteiger partial charge in [-0.3, -0.25) is 4.79 Å². The first kappa shape index (κ1) is 43.9. The van der Waals surface area contributed by atoms with Crippen LogP contribution in [-0.4, -0.2) is 47.1 Å². The van der Waals surface area contributed by atoms with Gasteiger partial charge in [-0.2, -0.15) is 27.8 Å². The molecule has 1 fully saturated rings. The number of anilines is 2. The van der Waals surface area contributed by atoms with Crippen molar-refractivity contribution in [1.29, 1.82) is 0 Å². The Labute approximate surface area is 329 Å². The quantitative estimate of drug-likeness (QED) is 0.113. The summed E-state index contributed by atoms with van der Waals surface area (Å²) in [4.78, 5) is 12.3. The molecular formula is C42H42BF6N6O2. The summed E-state index contributed by atoms with van der Waals surface area (Å²) in [6.45, 7) is 3.88. The van der Waals surface area contributed by atoms with Crippen molar-refractivity contribution in [3.05, 3.63) is 143 Å². The molecule has 2 N–H and O–H groups in total. The first-order valence-corrected chi connectivity index (χ1v) is 17.8. The predicted octanol–water partition coefficient (Wildman–Crippen LogP) is 10.7. The first-order valence-electron chi connectivity index (χ1n) is 17.8. The van der Waals surface area contributed by atoms with Gasteiger partial charge in [-0.25, -0.2) is 18.1 Å². The number of aromatic nitrogens is 4. The summed E-state index contributed by atoms with van der Waals surface area (Å²) in [6.07, 6.45) is 5.17. The second-order valence-corrected chi connectivity index (χ2v) is 13.0. The third-order valence-electron chi connectivity index (χ3n) is 8.98. The third-order valence-corrected chi connectivity index (χ3v) is 8.98. The molecule has 0 unspecified atom stereocenters. The highest BCUT2D eigenvalue weighted by molar-refractivity contribution is 6.05. The molecule has 0 spiro atoms. The summed E-state index contributed by atoms with van der Waals surface area (Å²) < 4.78 is 84.8. The van der Waals surface area contributed by atoms with Gasteiger partial charge in [0.2, 0.25) is 0 Å². The Kier molecular flexibility index (Phi) is 15.7. The zero-order valence-electron chi connectivity index (χ0n) is 31.9. The minimum absolute atomic E-state index is 0. The van der Waals surface area contributed by atoms with Gasteiger partial charge in [0.25, 0.3) is 5.91 Å². The normalized spacial score (nSPS) is 12.0. The van der Waals surface area contributed by atoms with Crippen molar-refractivity contribution in [2.45, 2.75) is 60.2 Å². The minimum atomic E-state index is -2.70. The zero-order valence-corrected chi connectivity index (χ0v) is 31.9. The van der Waals surface area contributed by atoms with Crippen molar-refractivity contribution >= 4 is 25.7 Å². The summed E-state index contributed by atoms with van der Waals surface area (Å²) in [6, 6.07) is 23.4. The molecule has 2 aromatic heterocycles. The summed E-state index contributed by atoms with van der Waals surface area (Å²) in [5.41, 5.74) is 7.09. The number of amides is 1. The summed E-state index contributed by atoms with van der Waals surface area (Å²) >= 11 is 0. The van der Waals surface area contributed by atoms with Crippen molar-refractivity contribution in [3.63, 3.8) is 0 Å². The SMILES string of the molecule is C1CCOC1.Cc1cccc(F)c1C(=O)Nc1ccc(-c2cn(C(F)F)nc2C)cc1.Cc1cccc(F)c1CNc1ccc(-c2cn(C(F)F)nc2C)cc1.[B]. The van der Waals surface area contributed by atoms with E-state index in [9.17, 15) is 31.1 Å². The van der Waals surface area contributed by atoms with Crippen molar-refractivity contribution in [3.8, 4) is 22.3 Å². The van der Waals surface area contributed by atoms with Gasteiger partial charge >= 0.3 is 13.1 Å². The second-order valence-electron chi connectivity index (χ2n) is 13.0. The van der Waals surface area contributed by atoms with E-state index in [1.165, 1.54) is 43.4 Å². The molecule has 6 aromatic rings. The molecule has 57 heavy (non-hydrogen) atoms. The molecule has 4 aromatic carbocycles. The number of nitrogens with one attached hydrogen (secondary N) is 2. The van der Waals surface area contributed by atoms with E-state index in [2.05, 4.69) is 20.8 Å². The Hall–Kier alpha value is -5.83. The van der Waals surface area contributed by atoms with E-state index in [4.69, 9.17) is 4.74 Å². The highest BCUT2D eigenvalue weighted by Crippen LogP contribution is 2.28. The largest absolute Gasteiger partial charge is 0.381 e. The van der Waals surface area contributed by atoms with E-state index < -0.39 is 24.8 Å². The van der Waals surface area contributed by atoms with Crippen LogP contribution in [0.5, 0.6) is 0 Å². The highest BCUT2D eigenvalue weighted by Gasteiger charge is 2.17. The average Bonchev–Trinajstić information content (AvgIpc) is 3.96. The Bertz CT molecular complexity index is 2170. The third kappa shape index (κ3) is 11.6. The highest BCUT2D eigenvalue weighted by atomic mass is 19.3. The Morgan fingerprint density at radius 2 is 1.16 bits per heavy atom. The van der Waals surface area contributed by atoms with Gasteiger partial charge in [-0.15, -0.1) is 0 Å². The molecule has 1 aliphatic heterocycles. The maximum absolute atomic E-state index is 13.9. The smallest absolute Gasteiger partial charge is 0.333 e. The van der Waals surface area contributed by atoms with Crippen LogP contribution in [0.4, 0.5) is 37.7 Å². The molecule has 297 valence electrons. The lowest BCUT2D eigenvalue weighted by atomic mass is 10.1. The lowest BCUT2D eigenvalue weighted by molar-refractivity contribution is 0.0559. The lowest BCUT2D eigenvalue weighted by Gasteiger charge is -2.10. The molecule has 7 rings (SSSR count). The number of benzene rings is 4. The number of hydrogen-bond acceptors (Lipinski definition) is 5. The van der Waals surface area contributed by atoms with Crippen LogP contribution < -0.4 is 10.6 Å². The Morgan fingerprint density at radius 3 is 1.58 bits per heavy atom. The van der Waals surface area contributed by atoms with Crippen molar-refractivity contribution in [2.75, 3.05) is 23.8 Å². The predicted molar refractivity (Wildman–Crippen MR) is 211 cm³/mol. The summed E-state index contributed by atoms with van der Waals surface area (Å²) in [7, 11) is 0. The van der Waals surface area contributed by atoms with Crippen molar-refractivity contribution < 1.29 is 35.9 Å². The molecule has 0 bridgehead atoms. The van der Waals surface area contributed by atoms with E-state index >= 15 is 0 Å². The second kappa shape index (κ2) is 20.4. The number of halogens is 6. The van der Waals surface area contributed by atoms with E-state index in [0.717, 1.165) is 30.0 Å². The molecule has 0 atom stereocenters. The molecule has 1 saturated heterocycles. The number of aryl methyl sites for hydroxylation is 4. The summed E-state index contributed by atoms with van der Waals surface area (Å²) in [5, 5.41) is 13.4. The maximum Gasteiger partial charge on any atom is 0.333 e. The standard InChI is InChI=1S/C19H16F3N3O.C19H18F3N3.C4H8O.B/c1-11-4-3-5-16(20)17(11)18(26)23-14-8-6-13(7-9-14)15-10-25(19(21)22)24-12(15)2;1-12-4-3-5-18(20)16(12)10-23-15-8-6-14(7-9-15)17-11-25(19(21)22)24-13(17)2;1-2-4-5-3-1;/h3-10,19H,1-2H3,(H,23,26);3-9,11,19,23H,10H2,1-2H3;1-4H2;. The van der Waals surface area contributed by atoms with Gasteiger partial charge in [-0.1, -0.05) is 48.5 Å². The van der Waals surface area contributed by atoms with Gasteiger partial charge in [-0.05, 0) is 99.2 Å². The Balaban J connectivity index is 0.000000221. The molecule has 3 heterocycles. The van der Waals surface area contributed by atoms with Crippen LogP contribution in [0.2, 0.25) is 0 Å². The number of carbonyl (C=O) groups excluding carboxylic acids is 1. The molecule has 8 nitrogen and oxygen atoms in total. The fraction of sp³-hybridized carbons (Fsp3) is 0.262. The van der Waals surface area contributed by atoms with Crippen LogP contribution in [0, 0.1) is 39.3 Å². The number of hydrogen-bond donors (Lipinski definition) is 2. The molecule has 0 saturated carbocycles. The average molecular weight is 788 g/mol. The van der Waals surface area contributed by atoms with Crippen molar-refractivity contribution in [1.82, 2.24) is 19.6 Å². The zero-order chi connectivity index (χ0) is 40.4. The van der Waals surface area contributed by atoms with E-state index in [1.54, 1.807) is 57.2 Å². The van der Waals surface area contributed by atoms with Crippen LogP contribution in [0.3, 0.4) is 0 Å². The number of nitrogens with zero attached hydrogens (tertiary/aromatic N) is 4. The van der Waals surface area contributed by atoms with Crippen LogP contribution in [0.25, 0.3) is 22.3 Å². The topological polar surface area (TPSA) is 86.0 Å². The fourth-order valence-electron chi connectivity index (χ4n) is 5.94. The van der Waals surface area contributed by atoms with Crippen molar-refractivity contribution in [2.24, 2.45) is 0 Å². The van der Waals surface area contributed by atoms with Gasteiger partial charge in [0.1, 0.15) is 11.6 Å². The number of rotatable bonds is 9. The van der Waals surface area contributed by atoms with Crippen LogP contribution in [0.1, 0.15) is 64.4 Å². The van der Waals surface area contributed by atoms with Gasteiger partial charge < -0.3 is 15.4 Å². The van der Waals surface area contributed by atoms with Crippen LogP contribution >= 0.6 is 0 Å². The lowest BCUT2D eigenvalue weighted by Crippen LogP contribution is -2.15. The number of carbonyl (C=O) groups is 1. The van der Waals surface area contributed by atoms with E-state index in [1.807, 2.05) is 37.3 Å². The van der Waals surface area contributed by atoms with Gasteiger partial charge in [0, 0.05) is 68.6 Å². The molecular weight excluding hydrogens is 745 g/mol. The Morgan fingerprint density at radius 1 is 0.684 bits per heavy atom. The molecule has 15 heteroatoms. The van der Waals surface area contributed by atoms with Crippen LogP contribution in [0.15, 0.2) is 97.3 Å². The maximum atomic E-state index is 13.9. The summed E-state index contributed by atoms with van der Waals surface area (Å²) in [5.74, 6) is -1.37. The fourth-order valence-corrected chi connectivity index (χ4v) is 5.94. The number of ether oxygens (including phenoxy) is 1. The molecule has 1 amide bonds.